The maximum Gasteiger partial charge on any atom is 0.416 e. The first kappa shape index (κ1) is 18.9. The van der Waals surface area contributed by atoms with Crippen molar-refractivity contribution in [3.05, 3.63) is 59.2 Å². The minimum Gasteiger partial charge on any atom is -0.341 e. The van der Waals surface area contributed by atoms with Crippen LogP contribution in [0.15, 0.2) is 47.4 Å². The molecule has 0 saturated heterocycles. The average Bonchev–Trinajstić information content (AvgIpc) is 2.64. The molecule has 1 aliphatic heterocycles. The number of halogens is 3. The van der Waals surface area contributed by atoms with Crippen molar-refractivity contribution >= 4 is 29.3 Å². The number of alkyl halides is 3. The van der Waals surface area contributed by atoms with Crippen LogP contribution in [0.5, 0.6) is 0 Å². The van der Waals surface area contributed by atoms with Gasteiger partial charge in [0.25, 0.3) is 5.91 Å². The molecule has 2 aromatic rings. The quantitative estimate of drug-likeness (QED) is 0.772. The molecule has 138 valence electrons. The minimum atomic E-state index is -4.42. The lowest BCUT2D eigenvalue weighted by atomic mass is 10.1. The molecule has 0 aromatic heterocycles. The van der Waals surface area contributed by atoms with Gasteiger partial charge in [-0.1, -0.05) is 17.9 Å². The van der Waals surface area contributed by atoms with E-state index >= 15 is 0 Å². The maximum atomic E-state index is 12.7. The Hall–Kier alpha value is -2.92. The molecular formula is C19H13F3N2O2S. The Labute approximate surface area is 157 Å². The molecule has 0 bridgehead atoms. The number of amides is 2. The van der Waals surface area contributed by atoms with E-state index in [0.29, 0.717) is 17.0 Å². The van der Waals surface area contributed by atoms with Gasteiger partial charge < -0.3 is 10.6 Å². The van der Waals surface area contributed by atoms with Gasteiger partial charge in [0, 0.05) is 16.0 Å². The highest BCUT2D eigenvalue weighted by Crippen LogP contribution is 2.32. The zero-order chi connectivity index (χ0) is 19.4. The number of thioether (sulfide) groups is 1. The van der Waals surface area contributed by atoms with Gasteiger partial charge in [0.1, 0.15) is 0 Å². The third kappa shape index (κ3) is 4.83. The van der Waals surface area contributed by atoms with Crippen LogP contribution in [0.2, 0.25) is 0 Å². The van der Waals surface area contributed by atoms with Crippen LogP contribution in [0, 0.1) is 11.8 Å². The second kappa shape index (κ2) is 7.76. The smallest absolute Gasteiger partial charge is 0.341 e. The monoisotopic (exact) mass is 390 g/mol. The summed E-state index contributed by atoms with van der Waals surface area (Å²) in [6.45, 7) is -0.0206. The Bertz CT molecular complexity index is 961. The maximum absolute atomic E-state index is 12.7. The van der Waals surface area contributed by atoms with Gasteiger partial charge in [-0.25, -0.2) is 0 Å². The van der Waals surface area contributed by atoms with Crippen LogP contribution in [0.25, 0.3) is 0 Å². The van der Waals surface area contributed by atoms with Gasteiger partial charge in [-0.2, -0.15) is 13.2 Å². The van der Waals surface area contributed by atoms with E-state index in [9.17, 15) is 22.8 Å². The standard InChI is InChI=1S/C19H13F3N2O2S/c20-19(21,22)14-5-1-3-12(9-14)4-2-8-23-18(26)13-6-7-16-15(10-13)24-17(25)11-27-16/h1,3,5-7,9-10H,8,11H2,(H,23,26)(H,24,25). The third-order valence-electron chi connectivity index (χ3n) is 3.63. The van der Waals surface area contributed by atoms with Crippen LogP contribution in [0.4, 0.5) is 18.9 Å². The average molecular weight is 390 g/mol. The van der Waals surface area contributed by atoms with Gasteiger partial charge >= 0.3 is 6.18 Å². The third-order valence-corrected chi connectivity index (χ3v) is 4.71. The lowest BCUT2D eigenvalue weighted by Gasteiger charge is -2.16. The molecule has 0 spiro atoms. The van der Waals surface area contributed by atoms with Crippen molar-refractivity contribution in [1.82, 2.24) is 5.32 Å². The summed E-state index contributed by atoms with van der Waals surface area (Å²) in [7, 11) is 0. The lowest BCUT2D eigenvalue weighted by Crippen LogP contribution is -2.24. The van der Waals surface area contributed by atoms with E-state index in [1.54, 1.807) is 18.2 Å². The predicted molar refractivity (Wildman–Crippen MR) is 96.5 cm³/mol. The van der Waals surface area contributed by atoms with Crippen LogP contribution in [-0.4, -0.2) is 24.1 Å². The number of hydrogen-bond acceptors (Lipinski definition) is 3. The molecule has 0 aliphatic carbocycles. The number of carbonyl (C=O) groups is 2. The molecule has 27 heavy (non-hydrogen) atoms. The number of benzene rings is 2. The molecule has 0 radical (unpaired) electrons. The molecule has 1 aliphatic rings. The summed E-state index contributed by atoms with van der Waals surface area (Å²) in [5.74, 6) is 5.04. The Morgan fingerprint density at radius 1 is 1.22 bits per heavy atom. The highest BCUT2D eigenvalue weighted by Gasteiger charge is 2.30. The van der Waals surface area contributed by atoms with E-state index in [0.717, 1.165) is 17.0 Å². The molecule has 2 aromatic carbocycles. The summed E-state index contributed by atoms with van der Waals surface area (Å²) in [6.07, 6.45) is -4.42. The predicted octanol–water partition coefficient (Wildman–Crippen LogP) is 3.53. The van der Waals surface area contributed by atoms with Crippen LogP contribution < -0.4 is 10.6 Å². The zero-order valence-electron chi connectivity index (χ0n) is 13.8. The van der Waals surface area contributed by atoms with E-state index in [2.05, 4.69) is 22.5 Å². The van der Waals surface area contributed by atoms with Crippen LogP contribution in [0.1, 0.15) is 21.5 Å². The van der Waals surface area contributed by atoms with Crippen molar-refractivity contribution in [3.63, 3.8) is 0 Å². The molecule has 0 unspecified atom stereocenters. The summed E-state index contributed by atoms with van der Waals surface area (Å²) < 4.78 is 38.0. The van der Waals surface area contributed by atoms with Crippen LogP contribution in [-0.2, 0) is 11.0 Å². The molecule has 8 heteroatoms. The van der Waals surface area contributed by atoms with Gasteiger partial charge in [-0.15, -0.1) is 11.8 Å². The lowest BCUT2D eigenvalue weighted by molar-refractivity contribution is -0.137. The molecule has 4 nitrogen and oxygen atoms in total. The SMILES string of the molecule is O=C1CSc2ccc(C(=O)NCC#Cc3cccc(C(F)(F)F)c3)cc2N1. The van der Waals surface area contributed by atoms with Crippen LogP contribution in [0.3, 0.4) is 0 Å². The Morgan fingerprint density at radius 2 is 2.04 bits per heavy atom. The fourth-order valence-electron chi connectivity index (χ4n) is 2.37. The topological polar surface area (TPSA) is 58.2 Å². The molecule has 2 N–H and O–H groups in total. The number of carbonyl (C=O) groups excluding carboxylic acids is 2. The van der Waals surface area contributed by atoms with Gasteiger partial charge in [0.15, 0.2) is 0 Å². The van der Waals surface area contributed by atoms with Crippen molar-refractivity contribution in [2.45, 2.75) is 11.1 Å². The minimum absolute atomic E-state index is 0.0206. The first-order valence-electron chi connectivity index (χ1n) is 7.84. The summed E-state index contributed by atoms with van der Waals surface area (Å²) in [5, 5.41) is 5.28. The highest BCUT2D eigenvalue weighted by molar-refractivity contribution is 8.00. The number of anilines is 1. The summed E-state index contributed by atoms with van der Waals surface area (Å²) in [6, 6.07) is 9.65. The first-order valence-corrected chi connectivity index (χ1v) is 8.82. The largest absolute Gasteiger partial charge is 0.416 e. The summed E-state index contributed by atoms with van der Waals surface area (Å²) in [5.41, 5.74) is 0.385. The summed E-state index contributed by atoms with van der Waals surface area (Å²) in [4.78, 5) is 24.5. The van der Waals surface area contributed by atoms with E-state index in [1.165, 1.54) is 23.9 Å². The van der Waals surface area contributed by atoms with E-state index in [4.69, 9.17) is 0 Å². The van der Waals surface area contributed by atoms with Gasteiger partial charge in [0.2, 0.25) is 5.91 Å². The Kier molecular flexibility index (Phi) is 5.42. The van der Waals surface area contributed by atoms with Gasteiger partial charge in [-0.3, -0.25) is 9.59 Å². The van der Waals surface area contributed by atoms with Gasteiger partial charge in [0.05, 0.1) is 23.5 Å². The highest BCUT2D eigenvalue weighted by atomic mass is 32.2. The zero-order valence-corrected chi connectivity index (χ0v) is 14.6. The molecule has 0 saturated carbocycles. The van der Waals surface area contributed by atoms with Crippen molar-refractivity contribution in [2.24, 2.45) is 0 Å². The van der Waals surface area contributed by atoms with Crippen molar-refractivity contribution in [3.8, 4) is 11.8 Å². The normalized spacial score (nSPS) is 13.1. The van der Waals surface area contributed by atoms with Crippen molar-refractivity contribution in [1.29, 1.82) is 0 Å². The number of fused-ring (bicyclic) bond motifs is 1. The fraction of sp³-hybridized carbons (Fsp3) is 0.158. The second-order valence-corrected chi connectivity index (χ2v) is 6.63. The van der Waals surface area contributed by atoms with Crippen molar-refractivity contribution < 1.29 is 22.8 Å². The number of rotatable bonds is 2. The van der Waals surface area contributed by atoms with E-state index < -0.39 is 11.7 Å². The molecule has 0 fully saturated rings. The Morgan fingerprint density at radius 3 is 2.81 bits per heavy atom. The first-order chi connectivity index (χ1) is 12.8. The molecular weight excluding hydrogens is 377 g/mol. The molecule has 1 heterocycles. The van der Waals surface area contributed by atoms with E-state index in [-0.39, 0.29) is 23.9 Å². The summed E-state index contributed by atoms with van der Waals surface area (Å²) >= 11 is 1.39. The number of hydrogen-bond donors (Lipinski definition) is 2. The molecule has 2 amide bonds. The Balaban J connectivity index is 1.62. The van der Waals surface area contributed by atoms with Crippen LogP contribution >= 0.6 is 11.8 Å². The fourth-order valence-corrected chi connectivity index (χ4v) is 3.16. The molecule has 3 rings (SSSR count). The van der Waals surface area contributed by atoms with Gasteiger partial charge in [-0.05, 0) is 36.4 Å². The van der Waals surface area contributed by atoms with E-state index in [1.807, 2.05) is 0 Å². The second-order valence-electron chi connectivity index (χ2n) is 5.61. The number of nitrogens with one attached hydrogen (secondary N) is 2. The van der Waals surface area contributed by atoms with Crippen molar-refractivity contribution in [2.75, 3.05) is 17.6 Å². The molecule has 0 atom stereocenters.